The van der Waals surface area contributed by atoms with Gasteiger partial charge in [-0.2, -0.15) is 21.4 Å². The lowest BCUT2D eigenvalue weighted by molar-refractivity contribution is -0.720. The quantitative estimate of drug-likeness (QED) is 0.0176. The zero-order valence-corrected chi connectivity index (χ0v) is 47.3. The normalized spacial score (nSPS) is 12.7. The van der Waals surface area contributed by atoms with Crippen LogP contribution in [0.5, 0.6) is 0 Å². The van der Waals surface area contributed by atoms with E-state index in [0.717, 1.165) is 33.8 Å². The van der Waals surface area contributed by atoms with E-state index in [1.165, 1.54) is 51.7 Å². The number of para-hydroxylation sites is 1. The van der Waals surface area contributed by atoms with Crippen LogP contribution in [0.15, 0.2) is 83.8 Å². The highest BCUT2D eigenvalue weighted by Crippen LogP contribution is 2.39. The maximum Gasteiger partial charge on any atom is 0.327 e. The molecule has 6 aromatic rings. The number of aromatic nitrogens is 7. The summed E-state index contributed by atoms with van der Waals surface area (Å²) in [5.41, 5.74) is 11.3. The molecular formula is C54H63N14O11S3+. The lowest BCUT2D eigenvalue weighted by Crippen LogP contribution is -2.45. The molecule has 11 N–H and O–H groups in total. The Morgan fingerprint density at radius 2 is 1.51 bits per heavy atom. The van der Waals surface area contributed by atoms with Gasteiger partial charge < -0.3 is 47.4 Å². The maximum absolute atomic E-state index is 13.8. The molecule has 0 spiro atoms. The van der Waals surface area contributed by atoms with Crippen molar-refractivity contribution in [3.8, 4) is 22.5 Å². The number of nitrogens with zero attached hydrogens (tertiary/aromatic N) is 6. The van der Waals surface area contributed by atoms with Gasteiger partial charge in [0.25, 0.3) is 17.2 Å². The number of aromatic amines is 2. The van der Waals surface area contributed by atoms with Gasteiger partial charge in [-0.3, -0.25) is 38.5 Å². The second-order valence-corrected chi connectivity index (χ2v) is 22.6. The third-order valence-corrected chi connectivity index (χ3v) is 16.1. The molecule has 28 heteroatoms. The van der Waals surface area contributed by atoms with Gasteiger partial charge in [0, 0.05) is 90.3 Å². The molecule has 0 aliphatic carbocycles. The molecule has 0 radical (unpaired) electrons. The number of aryl methyl sites for hydroxylation is 1. The van der Waals surface area contributed by atoms with E-state index in [9.17, 15) is 53.4 Å². The Labute approximate surface area is 482 Å². The fourth-order valence-corrected chi connectivity index (χ4v) is 11.3. The Morgan fingerprint density at radius 3 is 2.27 bits per heavy atom. The Hall–Kier alpha value is -8.37. The summed E-state index contributed by atoms with van der Waals surface area (Å²) in [6.07, 6.45) is 2.73. The molecule has 82 heavy (non-hydrogen) atoms. The van der Waals surface area contributed by atoms with Crippen LogP contribution in [0.25, 0.3) is 33.7 Å². The van der Waals surface area contributed by atoms with Crippen LogP contribution >= 0.6 is 33.3 Å². The minimum atomic E-state index is -1.46. The van der Waals surface area contributed by atoms with Gasteiger partial charge in [-0.05, 0) is 73.5 Å². The first kappa shape index (κ1) is 61.3. The number of aliphatic carboxylic acids is 2. The number of nitrogen functional groups attached to an aromatic ring is 1. The van der Waals surface area contributed by atoms with E-state index in [-0.39, 0.29) is 111 Å². The number of amides is 5. The van der Waals surface area contributed by atoms with Crippen molar-refractivity contribution in [3.05, 3.63) is 106 Å². The molecule has 3 aromatic heterocycles. The van der Waals surface area contributed by atoms with Gasteiger partial charge in [-0.25, -0.2) is 19.6 Å². The predicted octanol–water partition coefficient (Wildman–Crippen LogP) is 3.37. The molecule has 4 heterocycles. The van der Waals surface area contributed by atoms with Crippen molar-refractivity contribution >= 4 is 109 Å². The Bertz CT molecular complexity index is 3360. The standard InChI is InChI=1S/C54H62N14O11S3/c1-67-47-38-11-5-6-12-41(38)68(29-33-8-3-4-10-37(33)45(47)65-66-67)44(72)20-19-42(70)57-23-25-82-81-24-21-43(71)56-22-7-9-32(50(74)62-40(30-80-2)53(78)79)26-36(69)17-18-39(52(76)77)61-49(73)31-13-15-34(16-14-31)58-27-35-28-59-48-46(60-35)51(75)64-54(55)63-48/h3-6,8,10-16,28,32,39-40H,7,9,17-27,29-30H2,1-2H3,(H10,55,56,57,58,59,61,62,63,64,70,71,73,74,75,76,77,78,79)/p+1/t32?,39-,40-/m0/s1. The minimum absolute atomic E-state index is 0.00577. The van der Waals surface area contributed by atoms with E-state index >= 15 is 0 Å². The highest BCUT2D eigenvalue weighted by Gasteiger charge is 2.33. The molecule has 432 valence electrons. The van der Waals surface area contributed by atoms with Gasteiger partial charge in [-0.1, -0.05) is 57.1 Å². The van der Waals surface area contributed by atoms with Crippen LogP contribution in [-0.4, -0.2) is 136 Å². The molecule has 3 atom stereocenters. The van der Waals surface area contributed by atoms with Crippen molar-refractivity contribution in [2.75, 3.05) is 52.6 Å². The first-order valence-electron chi connectivity index (χ1n) is 26.1. The van der Waals surface area contributed by atoms with Gasteiger partial charge in [0.05, 0.1) is 36.2 Å². The third kappa shape index (κ3) is 17.1. The predicted molar refractivity (Wildman–Crippen MR) is 311 cm³/mol. The van der Waals surface area contributed by atoms with Gasteiger partial charge >= 0.3 is 11.9 Å². The smallest absolute Gasteiger partial charge is 0.327 e. The second kappa shape index (κ2) is 29.9. The van der Waals surface area contributed by atoms with E-state index < -0.39 is 53.1 Å². The lowest BCUT2D eigenvalue weighted by atomic mass is 9.93. The molecule has 0 bridgehead atoms. The van der Waals surface area contributed by atoms with E-state index in [0.29, 0.717) is 36.0 Å². The van der Waals surface area contributed by atoms with Crippen LogP contribution in [0.3, 0.4) is 0 Å². The summed E-state index contributed by atoms with van der Waals surface area (Å²) in [6.45, 7) is 1.00. The molecule has 0 fully saturated rings. The highest BCUT2D eigenvalue weighted by atomic mass is 33.1. The molecule has 3 aromatic carbocycles. The maximum atomic E-state index is 13.8. The number of nitrogens with one attached hydrogen (secondary N) is 7. The number of ketones is 1. The van der Waals surface area contributed by atoms with Crippen molar-refractivity contribution < 1.29 is 53.3 Å². The SMILES string of the molecule is CSC[C@H](NC(=O)C(CCCNC(=O)CCSSCCNC(=O)CCC(=O)N1Cc2ccccc2-c2n[nH][n+](C)c2-c2ccccc21)CC(=O)CC[C@H](NC(=O)c1ccc(NCc2cnc3nc(N)[nH]c(=O)c3n2)cc1)C(=O)O)C(=O)O. The number of hydrogen-bond donors (Lipinski definition) is 10. The fourth-order valence-electron chi connectivity index (χ4n) is 8.88. The number of thioether (sulfide) groups is 1. The summed E-state index contributed by atoms with van der Waals surface area (Å²) in [4.78, 5) is 132. The van der Waals surface area contributed by atoms with Crippen molar-refractivity contribution in [3.63, 3.8) is 0 Å². The van der Waals surface area contributed by atoms with E-state index in [1.54, 1.807) is 23.3 Å². The number of hydrogen-bond acceptors (Lipinski definition) is 18. The molecule has 7 rings (SSSR count). The third-order valence-electron chi connectivity index (χ3n) is 13.1. The first-order valence-corrected chi connectivity index (χ1v) is 30.0. The average molecular weight is 1180 g/mol. The van der Waals surface area contributed by atoms with Gasteiger partial charge in [0.15, 0.2) is 11.2 Å². The zero-order chi connectivity index (χ0) is 58.7. The molecule has 1 aliphatic heterocycles. The van der Waals surface area contributed by atoms with Crippen molar-refractivity contribution in [2.24, 2.45) is 13.0 Å². The number of nitrogens with two attached hydrogens (primary N) is 1. The van der Waals surface area contributed by atoms with Crippen molar-refractivity contribution in [1.82, 2.24) is 51.5 Å². The van der Waals surface area contributed by atoms with Crippen LogP contribution in [0, 0.1) is 5.92 Å². The number of anilines is 3. The van der Waals surface area contributed by atoms with E-state index in [4.69, 9.17) is 5.73 Å². The Kier molecular flexibility index (Phi) is 22.3. The van der Waals surface area contributed by atoms with Crippen molar-refractivity contribution in [1.29, 1.82) is 0 Å². The van der Waals surface area contributed by atoms with Gasteiger partial charge in [-0.15, -0.1) is 0 Å². The monoisotopic (exact) mass is 1180 g/mol. The molecule has 0 saturated heterocycles. The number of H-pyrrole nitrogens is 2. The summed E-state index contributed by atoms with van der Waals surface area (Å²) < 4.78 is 1.82. The number of carboxylic acid groups (broad SMARTS) is 2. The molecule has 0 saturated carbocycles. The van der Waals surface area contributed by atoms with Crippen LogP contribution in [0.2, 0.25) is 0 Å². The summed E-state index contributed by atoms with van der Waals surface area (Å²) in [5, 5.41) is 40.9. The fraction of sp³-hybridized carbons (Fsp3) is 0.370. The lowest BCUT2D eigenvalue weighted by Gasteiger charge is -2.27. The molecule has 1 unspecified atom stereocenters. The van der Waals surface area contributed by atoms with Gasteiger partial charge in [0.2, 0.25) is 35.3 Å². The summed E-state index contributed by atoms with van der Waals surface area (Å²) in [6, 6.07) is 18.9. The number of carbonyl (C=O) groups is 8. The van der Waals surface area contributed by atoms with Gasteiger partial charge in [0.1, 0.15) is 24.9 Å². The van der Waals surface area contributed by atoms with Crippen LogP contribution < -0.4 is 47.5 Å². The highest BCUT2D eigenvalue weighted by molar-refractivity contribution is 8.76. The molecule has 25 nitrogen and oxygen atoms in total. The molecule has 1 aliphatic rings. The number of rotatable bonds is 30. The largest absolute Gasteiger partial charge is 0.480 e. The first-order chi connectivity index (χ1) is 39.5. The summed E-state index contributed by atoms with van der Waals surface area (Å²) in [7, 11) is 4.81. The Morgan fingerprint density at radius 1 is 0.805 bits per heavy atom. The summed E-state index contributed by atoms with van der Waals surface area (Å²) in [5.74, 6) is -5.18. The summed E-state index contributed by atoms with van der Waals surface area (Å²) >= 11 is 1.21. The van der Waals surface area contributed by atoms with E-state index in [2.05, 4.69) is 56.8 Å². The number of benzene rings is 3. The van der Waals surface area contributed by atoms with Crippen LogP contribution in [0.4, 0.5) is 17.3 Å². The second-order valence-electron chi connectivity index (χ2n) is 19.0. The molecule has 5 amide bonds. The van der Waals surface area contributed by atoms with E-state index in [1.807, 2.05) is 60.3 Å². The molecular weight excluding hydrogens is 1120 g/mol. The van der Waals surface area contributed by atoms with Crippen molar-refractivity contribution in [2.45, 2.75) is 76.5 Å². The van der Waals surface area contributed by atoms with Crippen LogP contribution in [0.1, 0.15) is 73.0 Å². The number of Topliss-reactive ketones (excluding diaryl/α,β-unsaturated/α-hetero) is 1. The Balaban J connectivity index is 0.796. The topological polar surface area (TPSA) is 371 Å². The average Bonchev–Trinajstić information content (AvgIpc) is 3.82. The number of carbonyl (C=O) groups excluding carboxylic acids is 6. The number of carboxylic acids is 2. The number of fused-ring (bicyclic) bond motifs is 6. The van der Waals surface area contributed by atoms with Crippen LogP contribution in [-0.2, 0) is 53.7 Å². The zero-order valence-electron chi connectivity index (χ0n) is 44.9. The minimum Gasteiger partial charge on any atom is -0.480 e.